The van der Waals surface area contributed by atoms with Crippen LogP contribution in [-0.2, 0) is 6.42 Å². The number of rotatable bonds is 4. The molecule has 1 nitrogen and oxygen atoms in total. The highest BCUT2D eigenvalue weighted by Gasteiger charge is 2.19. The van der Waals surface area contributed by atoms with Crippen LogP contribution >= 0.6 is 0 Å². The van der Waals surface area contributed by atoms with Crippen molar-refractivity contribution in [3.05, 3.63) is 69.8 Å². The molecule has 2 fully saturated rings. The van der Waals surface area contributed by atoms with Crippen molar-refractivity contribution in [2.45, 2.75) is 85.5 Å². The number of hydrogen-bond donors (Lipinski definition) is 1. The standard InChI is InChI=1S/C23H29N.C5H10/c1-4-18-15-20(24)12-13-21(18)23(19-8-6-5-7-9-19)22-14-16(2)10-11-17(22)3;1-2-5-3-4-5/h10-15H,4-9,24H2,1-3H3;5H,2-4H2,1H3. The molecule has 0 spiro atoms. The zero-order valence-electron chi connectivity index (χ0n) is 19.0. The summed E-state index contributed by atoms with van der Waals surface area (Å²) in [5.74, 6) is 1.13. The number of hydrogen-bond acceptors (Lipinski definition) is 1. The normalized spacial score (nSPS) is 16.2. The topological polar surface area (TPSA) is 26.0 Å². The van der Waals surface area contributed by atoms with E-state index in [1.165, 1.54) is 84.8 Å². The highest BCUT2D eigenvalue weighted by atomic mass is 14.5. The highest BCUT2D eigenvalue weighted by Crippen LogP contribution is 2.38. The third-order valence-corrected chi connectivity index (χ3v) is 6.53. The summed E-state index contributed by atoms with van der Waals surface area (Å²) in [5.41, 5.74) is 16.9. The fourth-order valence-corrected chi connectivity index (χ4v) is 4.44. The van der Waals surface area contributed by atoms with Crippen molar-refractivity contribution in [1.82, 2.24) is 0 Å². The van der Waals surface area contributed by atoms with Gasteiger partial charge in [-0.15, -0.1) is 0 Å². The van der Waals surface area contributed by atoms with Crippen LogP contribution in [0.25, 0.3) is 5.57 Å². The van der Waals surface area contributed by atoms with Crippen molar-refractivity contribution < 1.29 is 0 Å². The van der Waals surface area contributed by atoms with E-state index in [9.17, 15) is 0 Å². The van der Waals surface area contributed by atoms with E-state index in [-0.39, 0.29) is 0 Å². The van der Waals surface area contributed by atoms with Crippen LogP contribution in [0.4, 0.5) is 5.69 Å². The average Bonchev–Trinajstić information content (AvgIpc) is 3.58. The quantitative estimate of drug-likeness (QED) is 0.526. The molecule has 0 saturated heterocycles. The summed E-state index contributed by atoms with van der Waals surface area (Å²) in [7, 11) is 0. The number of nitrogen functional groups attached to an aromatic ring is 1. The molecule has 2 N–H and O–H groups in total. The maximum Gasteiger partial charge on any atom is 0.0317 e. The summed E-state index contributed by atoms with van der Waals surface area (Å²) < 4.78 is 0. The Bertz CT molecular complexity index is 847. The monoisotopic (exact) mass is 389 g/mol. The lowest BCUT2D eigenvalue weighted by molar-refractivity contribution is 0.601. The molecule has 2 aromatic carbocycles. The fourth-order valence-electron chi connectivity index (χ4n) is 4.44. The minimum atomic E-state index is 0.865. The summed E-state index contributed by atoms with van der Waals surface area (Å²) in [4.78, 5) is 0. The Balaban J connectivity index is 0.000000419. The summed E-state index contributed by atoms with van der Waals surface area (Å²) in [6.07, 6.45) is 11.9. The van der Waals surface area contributed by atoms with Gasteiger partial charge < -0.3 is 5.73 Å². The SMILES string of the molecule is CCC1CC1.CCc1cc(N)ccc1C(=C1CCCCC1)c1cc(C)ccc1C. The van der Waals surface area contributed by atoms with Gasteiger partial charge in [0.05, 0.1) is 0 Å². The minimum absolute atomic E-state index is 0.865. The molecular formula is C28H39N. The maximum atomic E-state index is 6.06. The zero-order chi connectivity index (χ0) is 20.8. The van der Waals surface area contributed by atoms with E-state index in [2.05, 4.69) is 64.1 Å². The Morgan fingerprint density at radius 1 is 0.897 bits per heavy atom. The molecule has 2 aliphatic rings. The van der Waals surface area contributed by atoms with Crippen LogP contribution < -0.4 is 5.73 Å². The van der Waals surface area contributed by atoms with Crippen LogP contribution in [0, 0.1) is 19.8 Å². The van der Waals surface area contributed by atoms with Crippen molar-refractivity contribution in [2.24, 2.45) is 5.92 Å². The van der Waals surface area contributed by atoms with Gasteiger partial charge in [-0.25, -0.2) is 0 Å². The van der Waals surface area contributed by atoms with E-state index in [4.69, 9.17) is 5.73 Å². The summed E-state index contributed by atoms with van der Waals surface area (Å²) in [5, 5.41) is 0. The second kappa shape index (κ2) is 10.1. The van der Waals surface area contributed by atoms with E-state index < -0.39 is 0 Å². The molecule has 0 amide bonds. The molecule has 0 heterocycles. The van der Waals surface area contributed by atoms with Crippen LogP contribution in [0.1, 0.15) is 93.0 Å². The van der Waals surface area contributed by atoms with Gasteiger partial charge in [0.15, 0.2) is 0 Å². The molecule has 0 radical (unpaired) electrons. The maximum absolute atomic E-state index is 6.06. The van der Waals surface area contributed by atoms with Gasteiger partial charge in [0.2, 0.25) is 0 Å². The van der Waals surface area contributed by atoms with E-state index in [0.717, 1.165) is 18.0 Å². The molecular weight excluding hydrogens is 350 g/mol. The van der Waals surface area contributed by atoms with Crippen LogP contribution in [0.5, 0.6) is 0 Å². The Kier molecular flexibility index (Phi) is 7.58. The number of benzene rings is 2. The van der Waals surface area contributed by atoms with E-state index >= 15 is 0 Å². The van der Waals surface area contributed by atoms with Crippen molar-refractivity contribution >= 4 is 11.3 Å². The minimum Gasteiger partial charge on any atom is -0.399 e. The Hall–Kier alpha value is -2.02. The molecule has 0 atom stereocenters. The second-order valence-corrected chi connectivity index (χ2v) is 8.98. The smallest absolute Gasteiger partial charge is 0.0317 e. The van der Waals surface area contributed by atoms with Crippen molar-refractivity contribution in [2.75, 3.05) is 5.73 Å². The zero-order valence-corrected chi connectivity index (χ0v) is 19.0. The first-order chi connectivity index (χ1) is 14.0. The van der Waals surface area contributed by atoms with Crippen LogP contribution in [-0.4, -0.2) is 0 Å². The fraction of sp³-hybridized carbons (Fsp3) is 0.500. The Morgan fingerprint density at radius 3 is 2.21 bits per heavy atom. The lowest BCUT2D eigenvalue weighted by atomic mass is 9.81. The van der Waals surface area contributed by atoms with Gasteiger partial charge in [0, 0.05) is 5.69 Å². The van der Waals surface area contributed by atoms with Gasteiger partial charge in [-0.2, -0.15) is 0 Å². The largest absolute Gasteiger partial charge is 0.399 e. The molecule has 2 aliphatic carbocycles. The lowest BCUT2D eigenvalue weighted by Crippen LogP contribution is -2.04. The van der Waals surface area contributed by atoms with Crippen LogP contribution in [0.3, 0.4) is 0 Å². The second-order valence-electron chi connectivity index (χ2n) is 8.98. The van der Waals surface area contributed by atoms with E-state index in [0.29, 0.717) is 0 Å². The highest BCUT2D eigenvalue weighted by molar-refractivity contribution is 5.86. The predicted octanol–water partition coefficient (Wildman–Crippen LogP) is 8.02. The Morgan fingerprint density at radius 2 is 1.62 bits per heavy atom. The van der Waals surface area contributed by atoms with E-state index in [1.807, 2.05) is 0 Å². The third kappa shape index (κ3) is 5.75. The third-order valence-electron chi connectivity index (χ3n) is 6.53. The number of anilines is 1. The van der Waals surface area contributed by atoms with Gasteiger partial charge in [-0.05, 0) is 91.8 Å². The van der Waals surface area contributed by atoms with Gasteiger partial charge in [-0.1, -0.05) is 74.9 Å². The van der Waals surface area contributed by atoms with Crippen molar-refractivity contribution in [3.8, 4) is 0 Å². The summed E-state index contributed by atoms with van der Waals surface area (Å²) >= 11 is 0. The van der Waals surface area contributed by atoms with Gasteiger partial charge in [0.25, 0.3) is 0 Å². The van der Waals surface area contributed by atoms with Crippen LogP contribution in [0.15, 0.2) is 42.0 Å². The van der Waals surface area contributed by atoms with Gasteiger partial charge in [0.1, 0.15) is 0 Å². The molecule has 29 heavy (non-hydrogen) atoms. The van der Waals surface area contributed by atoms with Gasteiger partial charge in [-0.3, -0.25) is 0 Å². The predicted molar refractivity (Wildman–Crippen MR) is 128 cm³/mol. The van der Waals surface area contributed by atoms with E-state index in [1.54, 1.807) is 5.57 Å². The van der Waals surface area contributed by atoms with Crippen molar-refractivity contribution in [1.29, 1.82) is 0 Å². The first-order valence-electron chi connectivity index (χ1n) is 11.7. The van der Waals surface area contributed by atoms with Gasteiger partial charge >= 0.3 is 0 Å². The average molecular weight is 390 g/mol. The molecule has 4 rings (SSSR count). The number of allylic oxidation sites excluding steroid dienone is 1. The molecule has 0 aliphatic heterocycles. The number of nitrogens with two attached hydrogens (primary N) is 1. The van der Waals surface area contributed by atoms with Crippen LogP contribution in [0.2, 0.25) is 0 Å². The summed E-state index contributed by atoms with van der Waals surface area (Å²) in [6, 6.07) is 13.3. The first kappa shape index (κ1) is 21.7. The molecule has 0 unspecified atom stereocenters. The number of aryl methyl sites for hydroxylation is 3. The first-order valence-corrected chi connectivity index (χ1v) is 11.7. The van der Waals surface area contributed by atoms with Crippen molar-refractivity contribution in [3.63, 3.8) is 0 Å². The Labute approximate surface area is 178 Å². The molecule has 1 heteroatoms. The molecule has 0 bridgehead atoms. The molecule has 2 saturated carbocycles. The molecule has 156 valence electrons. The lowest BCUT2D eigenvalue weighted by Gasteiger charge is -2.23. The molecule has 0 aromatic heterocycles. The molecule has 2 aromatic rings. The summed E-state index contributed by atoms with van der Waals surface area (Å²) in [6.45, 7) is 8.92.